The van der Waals surface area contributed by atoms with Crippen LogP contribution in [0, 0.1) is 11.8 Å². The highest BCUT2D eigenvalue weighted by Crippen LogP contribution is 2.29. The van der Waals surface area contributed by atoms with Crippen molar-refractivity contribution in [2.75, 3.05) is 46.1 Å². The normalized spacial score (nSPS) is 18.7. The Hall–Kier alpha value is -0.380. The third kappa shape index (κ3) is 11.3. The third-order valence-electron chi connectivity index (χ3n) is 6.50. The van der Waals surface area contributed by atoms with Gasteiger partial charge in [0.2, 0.25) is 0 Å². The summed E-state index contributed by atoms with van der Waals surface area (Å²) in [4.78, 5) is 2.47. The molecule has 0 aromatic rings. The van der Waals surface area contributed by atoms with Crippen LogP contribution in [0.2, 0.25) is 0 Å². The zero-order chi connectivity index (χ0) is 19.0. The molecule has 2 rings (SSSR count). The Morgan fingerprint density at radius 2 is 1.19 bits per heavy atom. The molecular weight excluding hydrogens is 334 g/mol. The summed E-state index contributed by atoms with van der Waals surface area (Å²) in [5, 5.41) is 0. The SMILES string of the molecule is C=CCCN(CCOCCCC1CCCC1)CCOCCCC1CCCC1. The monoisotopic (exact) mass is 379 g/mol. The zero-order valence-electron chi connectivity index (χ0n) is 17.8. The minimum Gasteiger partial charge on any atom is -0.380 e. The summed E-state index contributed by atoms with van der Waals surface area (Å²) in [6, 6.07) is 0. The lowest BCUT2D eigenvalue weighted by Crippen LogP contribution is -2.32. The summed E-state index contributed by atoms with van der Waals surface area (Å²) < 4.78 is 11.8. The average Bonchev–Trinajstić information content (AvgIpc) is 3.38. The van der Waals surface area contributed by atoms with Crippen molar-refractivity contribution in [1.82, 2.24) is 4.90 Å². The molecule has 0 saturated heterocycles. The Labute approximate surface area is 168 Å². The van der Waals surface area contributed by atoms with Gasteiger partial charge < -0.3 is 9.47 Å². The Balaban J connectivity index is 1.43. The van der Waals surface area contributed by atoms with Gasteiger partial charge in [0.15, 0.2) is 0 Å². The Kier molecular flexibility index (Phi) is 13.2. The quantitative estimate of drug-likeness (QED) is 0.234. The summed E-state index contributed by atoms with van der Waals surface area (Å²) >= 11 is 0. The molecule has 0 spiro atoms. The number of nitrogens with zero attached hydrogens (tertiary/aromatic N) is 1. The van der Waals surface area contributed by atoms with Crippen LogP contribution in [-0.2, 0) is 9.47 Å². The van der Waals surface area contributed by atoms with Gasteiger partial charge in [-0.2, -0.15) is 0 Å². The van der Waals surface area contributed by atoms with E-state index in [1.807, 2.05) is 6.08 Å². The second-order valence-electron chi connectivity index (χ2n) is 8.73. The molecule has 0 heterocycles. The molecule has 2 aliphatic carbocycles. The van der Waals surface area contributed by atoms with Gasteiger partial charge in [-0.05, 0) is 43.9 Å². The summed E-state index contributed by atoms with van der Waals surface area (Å²) in [5.74, 6) is 1.98. The van der Waals surface area contributed by atoms with Crippen LogP contribution in [0.25, 0.3) is 0 Å². The standard InChI is InChI=1S/C24H45NO2/c1-2-3-16-25(17-21-26-19-8-14-23-10-4-5-11-23)18-22-27-20-9-15-24-12-6-7-13-24/h2,23-24H,1,3-22H2. The van der Waals surface area contributed by atoms with Crippen molar-refractivity contribution in [1.29, 1.82) is 0 Å². The molecule has 0 unspecified atom stereocenters. The van der Waals surface area contributed by atoms with Gasteiger partial charge in [-0.25, -0.2) is 0 Å². The minimum absolute atomic E-state index is 0.851. The van der Waals surface area contributed by atoms with Gasteiger partial charge in [-0.3, -0.25) is 4.90 Å². The average molecular weight is 380 g/mol. The van der Waals surface area contributed by atoms with Crippen molar-refractivity contribution >= 4 is 0 Å². The molecule has 2 saturated carbocycles. The first kappa shape index (κ1) is 22.9. The molecule has 2 fully saturated rings. The van der Waals surface area contributed by atoms with E-state index in [0.29, 0.717) is 0 Å². The van der Waals surface area contributed by atoms with Crippen molar-refractivity contribution in [3.63, 3.8) is 0 Å². The van der Waals surface area contributed by atoms with Crippen molar-refractivity contribution in [3.8, 4) is 0 Å². The van der Waals surface area contributed by atoms with Gasteiger partial charge in [0.1, 0.15) is 0 Å². The van der Waals surface area contributed by atoms with Crippen molar-refractivity contribution in [2.45, 2.75) is 83.5 Å². The summed E-state index contributed by atoms with van der Waals surface area (Å²) in [5.41, 5.74) is 0. The molecule has 0 bridgehead atoms. The van der Waals surface area contributed by atoms with Crippen LogP contribution in [0.5, 0.6) is 0 Å². The molecule has 2 aliphatic rings. The van der Waals surface area contributed by atoms with Gasteiger partial charge in [-0.1, -0.05) is 57.4 Å². The lowest BCUT2D eigenvalue weighted by atomic mass is 10.0. The first-order valence-electron chi connectivity index (χ1n) is 11.9. The molecule has 0 N–H and O–H groups in total. The van der Waals surface area contributed by atoms with Gasteiger partial charge in [-0.15, -0.1) is 6.58 Å². The largest absolute Gasteiger partial charge is 0.380 e. The maximum atomic E-state index is 5.90. The summed E-state index contributed by atoms with van der Waals surface area (Å²) in [7, 11) is 0. The van der Waals surface area contributed by atoms with Gasteiger partial charge in [0.25, 0.3) is 0 Å². The van der Waals surface area contributed by atoms with E-state index in [-0.39, 0.29) is 0 Å². The predicted molar refractivity (Wildman–Crippen MR) is 115 cm³/mol. The second kappa shape index (κ2) is 15.5. The van der Waals surface area contributed by atoms with Crippen LogP contribution in [0.15, 0.2) is 12.7 Å². The van der Waals surface area contributed by atoms with E-state index >= 15 is 0 Å². The number of hydrogen-bond donors (Lipinski definition) is 0. The van der Waals surface area contributed by atoms with Gasteiger partial charge in [0, 0.05) is 32.8 Å². The predicted octanol–water partition coefficient (Wildman–Crippen LogP) is 5.84. The highest BCUT2D eigenvalue weighted by molar-refractivity contribution is 4.70. The minimum atomic E-state index is 0.851. The van der Waals surface area contributed by atoms with Crippen molar-refractivity contribution in [3.05, 3.63) is 12.7 Å². The molecule has 158 valence electrons. The topological polar surface area (TPSA) is 21.7 Å². The van der Waals surface area contributed by atoms with E-state index in [4.69, 9.17) is 9.47 Å². The van der Waals surface area contributed by atoms with Crippen LogP contribution < -0.4 is 0 Å². The van der Waals surface area contributed by atoms with Crippen LogP contribution in [0.3, 0.4) is 0 Å². The number of hydrogen-bond acceptors (Lipinski definition) is 3. The molecule has 0 aromatic heterocycles. The lowest BCUT2D eigenvalue weighted by molar-refractivity contribution is 0.0711. The first-order valence-corrected chi connectivity index (χ1v) is 11.9. The van der Waals surface area contributed by atoms with Gasteiger partial charge in [0.05, 0.1) is 13.2 Å². The van der Waals surface area contributed by atoms with E-state index in [9.17, 15) is 0 Å². The maximum Gasteiger partial charge on any atom is 0.0593 e. The number of rotatable bonds is 17. The molecule has 3 heteroatoms. The fourth-order valence-electron chi connectivity index (χ4n) is 4.75. The number of ether oxygens (including phenoxy) is 2. The first-order chi connectivity index (χ1) is 13.4. The van der Waals surface area contributed by atoms with Gasteiger partial charge >= 0.3 is 0 Å². The van der Waals surface area contributed by atoms with E-state index in [2.05, 4.69) is 11.5 Å². The third-order valence-corrected chi connectivity index (χ3v) is 6.50. The molecule has 3 nitrogen and oxygen atoms in total. The molecule has 0 atom stereocenters. The molecule has 27 heavy (non-hydrogen) atoms. The zero-order valence-corrected chi connectivity index (χ0v) is 17.8. The Morgan fingerprint density at radius 3 is 1.63 bits per heavy atom. The van der Waals surface area contributed by atoms with Crippen LogP contribution in [-0.4, -0.2) is 51.0 Å². The Morgan fingerprint density at radius 1 is 0.704 bits per heavy atom. The molecular formula is C24H45NO2. The van der Waals surface area contributed by atoms with Crippen LogP contribution >= 0.6 is 0 Å². The van der Waals surface area contributed by atoms with E-state index in [1.54, 1.807) is 0 Å². The summed E-state index contributed by atoms with van der Waals surface area (Å²) in [6.45, 7) is 10.5. The summed E-state index contributed by atoms with van der Waals surface area (Å²) in [6.07, 6.45) is 19.9. The maximum absolute atomic E-state index is 5.90. The van der Waals surface area contributed by atoms with Crippen LogP contribution in [0.1, 0.15) is 83.5 Å². The van der Waals surface area contributed by atoms with Crippen LogP contribution in [0.4, 0.5) is 0 Å². The lowest BCUT2D eigenvalue weighted by Gasteiger charge is -2.21. The van der Waals surface area contributed by atoms with E-state index in [0.717, 1.165) is 64.3 Å². The van der Waals surface area contributed by atoms with Crippen molar-refractivity contribution < 1.29 is 9.47 Å². The highest BCUT2D eigenvalue weighted by atomic mass is 16.5. The molecule has 0 aromatic carbocycles. The molecule has 0 aliphatic heterocycles. The van der Waals surface area contributed by atoms with E-state index < -0.39 is 0 Å². The Bertz CT molecular complexity index is 320. The van der Waals surface area contributed by atoms with E-state index in [1.165, 1.54) is 77.0 Å². The van der Waals surface area contributed by atoms with Crippen molar-refractivity contribution in [2.24, 2.45) is 11.8 Å². The molecule has 0 radical (unpaired) electrons. The highest BCUT2D eigenvalue weighted by Gasteiger charge is 2.15. The smallest absolute Gasteiger partial charge is 0.0593 e. The molecule has 0 amide bonds. The second-order valence-corrected chi connectivity index (χ2v) is 8.73. The fraction of sp³-hybridized carbons (Fsp3) is 0.917. The fourth-order valence-corrected chi connectivity index (χ4v) is 4.75.